The van der Waals surface area contributed by atoms with Crippen molar-refractivity contribution in [3.05, 3.63) is 22.8 Å². The highest BCUT2D eigenvalue weighted by atomic mass is 35.5. The summed E-state index contributed by atoms with van der Waals surface area (Å²) in [6.45, 7) is 4.05. The number of pyridine rings is 1. The van der Waals surface area contributed by atoms with Crippen LogP contribution < -0.4 is 5.73 Å². The molecule has 0 radical (unpaired) electrons. The Morgan fingerprint density at radius 3 is 2.62 bits per heavy atom. The first-order valence-corrected chi connectivity index (χ1v) is 4.88. The van der Waals surface area contributed by atoms with Crippen molar-refractivity contribution >= 4 is 29.0 Å². The first-order valence-electron chi connectivity index (χ1n) is 4.07. The number of nitrogens with zero attached hydrogens (tertiary/aromatic N) is 1. The van der Waals surface area contributed by atoms with Crippen LogP contribution in [0.25, 0.3) is 0 Å². The van der Waals surface area contributed by atoms with E-state index in [1.54, 1.807) is 6.07 Å². The first kappa shape index (κ1) is 10.6. The molecular formula is C9H12Cl2N2. The lowest BCUT2D eigenvalue weighted by Gasteiger charge is -2.15. The van der Waals surface area contributed by atoms with Crippen molar-refractivity contribution in [3.8, 4) is 0 Å². The van der Waals surface area contributed by atoms with Gasteiger partial charge in [-0.1, -0.05) is 25.4 Å². The van der Waals surface area contributed by atoms with Gasteiger partial charge >= 0.3 is 0 Å². The maximum absolute atomic E-state index is 6.14. The lowest BCUT2D eigenvalue weighted by atomic mass is 10.0. The van der Waals surface area contributed by atoms with E-state index in [1.807, 2.05) is 13.8 Å². The Hall–Kier alpha value is -0.470. The maximum Gasteiger partial charge on any atom is 0.128 e. The van der Waals surface area contributed by atoms with Crippen molar-refractivity contribution in [2.24, 2.45) is 5.92 Å². The minimum absolute atomic E-state index is 0.133. The molecule has 0 saturated heterocycles. The number of nitrogens with two attached hydrogens (primary N) is 1. The van der Waals surface area contributed by atoms with E-state index in [9.17, 15) is 0 Å². The molecule has 1 rings (SSSR count). The number of nitrogen functional groups attached to an aromatic ring is 1. The number of aromatic nitrogens is 1. The molecule has 1 unspecified atom stereocenters. The largest absolute Gasteiger partial charge is 0.383 e. The zero-order valence-electron chi connectivity index (χ0n) is 7.59. The molecule has 0 aromatic carbocycles. The zero-order chi connectivity index (χ0) is 10.0. The summed E-state index contributed by atoms with van der Waals surface area (Å²) in [5, 5.41) is 0.432. The van der Waals surface area contributed by atoms with Crippen molar-refractivity contribution in [1.82, 2.24) is 4.98 Å². The fourth-order valence-corrected chi connectivity index (χ4v) is 1.39. The van der Waals surface area contributed by atoms with Crippen LogP contribution in [0, 0.1) is 5.92 Å². The van der Waals surface area contributed by atoms with Crippen LogP contribution in [-0.4, -0.2) is 4.98 Å². The van der Waals surface area contributed by atoms with Crippen LogP contribution >= 0.6 is 23.2 Å². The smallest absolute Gasteiger partial charge is 0.128 e. The third-order valence-corrected chi connectivity index (χ3v) is 2.74. The Bertz CT molecular complexity index is 300. The van der Waals surface area contributed by atoms with Crippen molar-refractivity contribution in [1.29, 1.82) is 0 Å². The lowest BCUT2D eigenvalue weighted by molar-refractivity contribution is 0.624. The molecule has 4 heteroatoms. The summed E-state index contributed by atoms with van der Waals surface area (Å²) in [4.78, 5) is 3.94. The van der Waals surface area contributed by atoms with Gasteiger partial charge in [0.25, 0.3) is 0 Å². The second-order valence-corrected chi connectivity index (χ2v) is 4.18. The molecule has 0 aliphatic heterocycles. The number of rotatable bonds is 2. The Balaban J connectivity index is 3.05. The molecule has 1 heterocycles. The SMILES string of the molecule is CC(C)C(Cl)c1cc(Cl)cnc1N. The molecule has 0 fully saturated rings. The molecule has 0 aliphatic rings. The highest BCUT2D eigenvalue weighted by Gasteiger charge is 2.16. The van der Waals surface area contributed by atoms with E-state index >= 15 is 0 Å². The van der Waals surface area contributed by atoms with Gasteiger partial charge in [-0.15, -0.1) is 11.6 Å². The van der Waals surface area contributed by atoms with E-state index in [0.29, 0.717) is 16.8 Å². The minimum Gasteiger partial charge on any atom is -0.383 e. The normalized spacial score (nSPS) is 13.3. The molecule has 0 spiro atoms. The van der Waals surface area contributed by atoms with E-state index in [4.69, 9.17) is 28.9 Å². The summed E-state index contributed by atoms with van der Waals surface area (Å²) in [5.74, 6) is 0.766. The molecular weight excluding hydrogens is 207 g/mol. The van der Waals surface area contributed by atoms with Crippen molar-refractivity contribution in [2.75, 3.05) is 5.73 Å². The predicted octanol–water partition coefficient (Wildman–Crippen LogP) is 3.25. The second kappa shape index (κ2) is 4.16. The van der Waals surface area contributed by atoms with E-state index in [2.05, 4.69) is 4.98 Å². The van der Waals surface area contributed by atoms with Gasteiger partial charge in [-0.3, -0.25) is 0 Å². The van der Waals surface area contributed by atoms with Gasteiger partial charge in [0, 0.05) is 11.8 Å². The van der Waals surface area contributed by atoms with Crippen LogP contribution in [0.3, 0.4) is 0 Å². The van der Waals surface area contributed by atoms with Gasteiger partial charge < -0.3 is 5.73 Å². The van der Waals surface area contributed by atoms with Gasteiger partial charge in [0.15, 0.2) is 0 Å². The third-order valence-electron chi connectivity index (χ3n) is 1.80. The van der Waals surface area contributed by atoms with Crippen LogP contribution in [0.5, 0.6) is 0 Å². The van der Waals surface area contributed by atoms with Crippen LogP contribution in [-0.2, 0) is 0 Å². The van der Waals surface area contributed by atoms with Gasteiger partial charge in [0.05, 0.1) is 10.4 Å². The Kier molecular flexibility index (Phi) is 3.40. The molecule has 0 amide bonds. The summed E-state index contributed by atoms with van der Waals surface area (Å²) < 4.78 is 0. The molecule has 0 aliphatic carbocycles. The Labute approximate surface area is 88.1 Å². The summed E-state index contributed by atoms with van der Waals surface area (Å²) in [7, 11) is 0. The second-order valence-electron chi connectivity index (χ2n) is 3.27. The standard InChI is InChI=1S/C9H12Cl2N2/c1-5(2)8(11)7-3-6(10)4-13-9(7)12/h3-5,8H,1-2H3,(H2,12,13). The average molecular weight is 219 g/mol. The molecule has 1 aromatic rings. The van der Waals surface area contributed by atoms with Gasteiger partial charge in [0.2, 0.25) is 0 Å². The number of alkyl halides is 1. The highest BCUT2D eigenvalue weighted by molar-refractivity contribution is 6.30. The van der Waals surface area contributed by atoms with Crippen molar-refractivity contribution in [3.63, 3.8) is 0 Å². The molecule has 2 N–H and O–H groups in total. The Morgan fingerprint density at radius 2 is 2.08 bits per heavy atom. The summed E-state index contributed by atoms with van der Waals surface area (Å²) in [5.41, 5.74) is 6.48. The van der Waals surface area contributed by atoms with Crippen LogP contribution in [0.1, 0.15) is 24.8 Å². The number of hydrogen-bond donors (Lipinski definition) is 1. The van der Waals surface area contributed by atoms with E-state index in [-0.39, 0.29) is 5.38 Å². The Morgan fingerprint density at radius 1 is 1.46 bits per heavy atom. The number of hydrogen-bond acceptors (Lipinski definition) is 2. The van der Waals surface area contributed by atoms with Crippen LogP contribution in [0.2, 0.25) is 5.02 Å². The number of anilines is 1. The van der Waals surface area contributed by atoms with E-state index in [0.717, 1.165) is 5.56 Å². The molecule has 72 valence electrons. The molecule has 2 nitrogen and oxygen atoms in total. The highest BCUT2D eigenvalue weighted by Crippen LogP contribution is 2.32. The monoisotopic (exact) mass is 218 g/mol. The van der Waals surface area contributed by atoms with Gasteiger partial charge in [-0.25, -0.2) is 4.98 Å². The van der Waals surface area contributed by atoms with E-state index < -0.39 is 0 Å². The van der Waals surface area contributed by atoms with Gasteiger partial charge in [0.1, 0.15) is 5.82 Å². The maximum atomic E-state index is 6.14. The average Bonchev–Trinajstić information content (AvgIpc) is 2.08. The third kappa shape index (κ3) is 2.48. The molecule has 0 saturated carbocycles. The summed E-state index contributed by atoms with van der Waals surface area (Å²) in [6.07, 6.45) is 1.52. The minimum atomic E-state index is -0.133. The lowest BCUT2D eigenvalue weighted by Crippen LogP contribution is -2.04. The van der Waals surface area contributed by atoms with E-state index in [1.165, 1.54) is 6.20 Å². The summed E-state index contributed by atoms with van der Waals surface area (Å²) >= 11 is 11.9. The van der Waals surface area contributed by atoms with Gasteiger partial charge in [-0.05, 0) is 12.0 Å². The molecule has 13 heavy (non-hydrogen) atoms. The fraction of sp³-hybridized carbons (Fsp3) is 0.444. The van der Waals surface area contributed by atoms with Crippen LogP contribution in [0.4, 0.5) is 5.82 Å². The molecule has 1 aromatic heterocycles. The predicted molar refractivity (Wildman–Crippen MR) is 57.1 cm³/mol. The van der Waals surface area contributed by atoms with Crippen molar-refractivity contribution in [2.45, 2.75) is 19.2 Å². The molecule has 0 bridgehead atoms. The number of halogens is 2. The fourth-order valence-electron chi connectivity index (χ4n) is 1.05. The summed E-state index contributed by atoms with van der Waals surface area (Å²) in [6, 6.07) is 1.77. The van der Waals surface area contributed by atoms with Crippen molar-refractivity contribution < 1.29 is 0 Å². The molecule has 1 atom stereocenters. The van der Waals surface area contributed by atoms with Gasteiger partial charge in [-0.2, -0.15) is 0 Å². The quantitative estimate of drug-likeness (QED) is 0.775. The first-order chi connectivity index (χ1) is 6.02. The zero-order valence-corrected chi connectivity index (χ0v) is 9.10. The van der Waals surface area contributed by atoms with Crippen LogP contribution in [0.15, 0.2) is 12.3 Å². The topological polar surface area (TPSA) is 38.9 Å².